The molecule has 0 saturated heterocycles. The molecule has 0 radical (unpaired) electrons. The Morgan fingerprint density at radius 2 is 1.72 bits per heavy atom. The number of carbonyl (C=O) groups excluding carboxylic acids is 1. The lowest BCUT2D eigenvalue weighted by Crippen LogP contribution is -2.24. The van der Waals surface area contributed by atoms with Gasteiger partial charge >= 0.3 is 0 Å². The van der Waals surface area contributed by atoms with E-state index in [1.165, 1.54) is 19.3 Å². The SMILES string of the molecule is O=C(Cc1ccc(-n2cccn2)cc1)NCc1ccc(OC2CCCCC2)cc1. The minimum atomic E-state index is 0.0133. The molecule has 1 aliphatic rings. The number of hydrogen-bond acceptors (Lipinski definition) is 3. The minimum Gasteiger partial charge on any atom is -0.490 e. The van der Waals surface area contributed by atoms with Gasteiger partial charge in [0.2, 0.25) is 5.91 Å². The lowest BCUT2D eigenvalue weighted by atomic mass is 9.98. The molecule has 0 bridgehead atoms. The highest BCUT2D eigenvalue weighted by molar-refractivity contribution is 5.78. The fraction of sp³-hybridized carbons (Fsp3) is 0.333. The van der Waals surface area contributed by atoms with E-state index in [-0.39, 0.29) is 5.91 Å². The summed E-state index contributed by atoms with van der Waals surface area (Å²) in [5.74, 6) is 0.934. The van der Waals surface area contributed by atoms with E-state index in [4.69, 9.17) is 4.74 Å². The monoisotopic (exact) mass is 389 g/mol. The topological polar surface area (TPSA) is 56.2 Å². The molecule has 150 valence electrons. The summed E-state index contributed by atoms with van der Waals surface area (Å²) in [6.45, 7) is 0.522. The molecule has 1 heterocycles. The summed E-state index contributed by atoms with van der Waals surface area (Å²) in [7, 11) is 0. The maximum absolute atomic E-state index is 12.3. The van der Waals surface area contributed by atoms with Gasteiger partial charge in [-0.2, -0.15) is 5.10 Å². The Labute approximate surface area is 171 Å². The highest BCUT2D eigenvalue weighted by Crippen LogP contribution is 2.23. The summed E-state index contributed by atoms with van der Waals surface area (Å²) < 4.78 is 7.85. The molecule has 0 atom stereocenters. The van der Waals surface area contributed by atoms with Crippen molar-refractivity contribution in [3.8, 4) is 11.4 Å². The van der Waals surface area contributed by atoms with Gasteiger partial charge in [0.1, 0.15) is 5.75 Å². The van der Waals surface area contributed by atoms with Gasteiger partial charge in [0.25, 0.3) is 0 Å². The lowest BCUT2D eigenvalue weighted by Gasteiger charge is -2.23. The van der Waals surface area contributed by atoms with Crippen LogP contribution in [0.15, 0.2) is 67.0 Å². The zero-order valence-electron chi connectivity index (χ0n) is 16.6. The van der Waals surface area contributed by atoms with Crippen molar-refractivity contribution >= 4 is 5.91 Å². The molecule has 0 unspecified atom stereocenters. The molecular weight excluding hydrogens is 362 g/mol. The zero-order valence-corrected chi connectivity index (χ0v) is 16.6. The van der Waals surface area contributed by atoms with Crippen LogP contribution >= 0.6 is 0 Å². The number of benzene rings is 2. The summed E-state index contributed by atoms with van der Waals surface area (Å²) in [4.78, 5) is 12.3. The van der Waals surface area contributed by atoms with Crippen molar-refractivity contribution in [3.05, 3.63) is 78.1 Å². The normalized spacial score (nSPS) is 14.5. The van der Waals surface area contributed by atoms with Gasteiger partial charge in [-0.15, -0.1) is 0 Å². The van der Waals surface area contributed by atoms with Gasteiger partial charge in [-0.3, -0.25) is 4.79 Å². The van der Waals surface area contributed by atoms with Crippen LogP contribution in [-0.4, -0.2) is 21.8 Å². The Balaban J connectivity index is 1.24. The van der Waals surface area contributed by atoms with Gasteiger partial charge in [-0.25, -0.2) is 4.68 Å². The van der Waals surface area contributed by atoms with Crippen molar-refractivity contribution in [2.24, 2.45) is 0 Å². The van der Waals surface area contributed by atoms with Crippen LogP contribution in [0.25, 0.3) is 5.69 Å². The van der Waals surface area contributed by atoms with Crippen molar-refractivity contribution in [1.29, 1.82) is 0 Å². The third kappa shape index (κ3) is 5.47. The van der Waals surface area contributed by atoms with Crippen LogP contribution in [0.1, 0.15) is 43.2 Å². The lowest BCUT2D eigenvalue weighted by molar-refractivity contribution is -0.120. The number of hydrogen-bond donors (Lipinski definition) is 1. The standard InChI is InChI=1S/C24H27N3O2/c28-24(17-19-7-11-21(12-8-19)27-16-4-15-26-27)25-18-20-9-13-23(14-10-20)29-22-5-2-1-3-6-22/h4,7-16,22H,1-3,5-6,17-18H2,(H,25,28). The Kier molecular flexibility index (Phi) is 6.25. The van der Waals surface area contributed by atoms with Gasteiger partial charge in [0.15, 0.2) is 0 Å². The predicted octanol–water partition coefficient (Wildman–Crippen LogP) is 4.44. The molecule has 1 amide bonds. The molecule has 0 spiro atoms. The summed E-state index contributed by atoms with van der Waals surface area (Å²) >= 11 is 0. The van der Waals surface area contributed by atoms with Gasteiger partial charge in [0.05, 0.1) is 18.2 Å². The van der Waals surface area contributed by atoms with Crippen LogP contribution < -0.4 is 10.1 Å². The first kappa shape index (κ1) is 19.2. The summed E-state index contributed by atoms with van der Waals surface area (Å²) in [6.07, 6.45) is 10.5. The Morgan fingerprint density at radius 1 is 1.00 bits per heavy atom. The van der Waals surface area contributed by atoms with Gasteiger partial charge in [-0.05, 0) is 67.1 Å². The summed E-state index contributed by atoms with van der Waals surface area (Å²) in [5, 5.41) is 7.20. The number of ether oxygens (including phenoxy) is 1. The first-order valence-electron chi connectivity index (χ1n) is 10.4. The number of nitrogens with one attached hydrogen (secondary N) is 1. The first-order valence-corrected chi connectivity index (χ1v) is 10.4. The minimum absolute atomic E-state index is 0.0133. The van der Waals surface area contributed by atoms with E-state index in [9.17, 15) is 4.79 Å². The van der Waals surface area contributed by atoms with E-state index in [0.29, 0.717) is 19.1 Å². The zero-order chi connectivity index (χ0) is 19.9. The number of amides is 1. The van der Waals surface area contributed by atoms with Crippen LogP contribution in [0.3, 0.4) is 0 Å². The molecule has 5 heteroatoms. The van der Waals surface area contributed by atoms with E-state index in [1.807, 2.05) is 60.8 Å². The van der Waals surface area contributed by atoms with Crippen LogP contribution in [0.2, 0.25) is 0 Å². The molecule has 4 rings (SSSR count). The Hall–Kier alpha value is -3.08. The van der Waals surface area contributed by atoms with Crippen LogP contribution in [0.5, 0.6) is 5.75 Å². The fourth-order valence-electron chi connectivity index (χ4n) is 3.70. The Bertz CT molecular complexity index is 896. The van der Waals surface area contributed by atoms with E-state index < -0.39 is 0 Å². The number of nitrogens with zero attached hydrogens (tertiary/aromatic N) is 2. The maximum atomic E-state index is 12.3. The predicted molar refractivity (Wildman–Crippen MR) is 113 cm³/mol. The second-order valence-electron chi connectivity index (χ2n) is 7.59. The average molecular weight is 389 g/mol. The third-order valence-electron chi connectivity index (χ3n) is 5.34. The fourth-order valence-corrected chi connectivity index (χ4v) is 3.70. The molecular formula is C24H27N3O2. The number of aromatic nitrogens is 2. The molecule has 5 nitrogen and oxygen atoms in total. The van der Waals surface area contributed by atoms with Crippen molar-refractivity contribution < 1.29 is 9.53 Å². The molecule has 1 N–H and O–H groups in total. The molecule has 29 heavy (non-hydrogen) atoms. The molecule has 1 aromatic heterocycles. The van der Waals surface area contributed by atoms with Crippen molar-refractivity contribution in [2.75, 3.05) is 0 Å². The molecule has 1 fully saturated rings. The summed E-state index contributed by atoms with van der Waals surface area (Å²) in [5.41, 5.74) is 3.03. The maximum Gasteiger partial charge on any atom is 0.224 e. The molecule has 0 aliphatic heterocycles. The van der Waals surface area contributed by atoms with Gasteiger partial charge < -0.3 is 10.1 Å². The molecule has 3 aromatic rings. The third-order valence-corrected chi connectivity index (χ3v) is 5.34. The highest BCUT2D eigenvalue weighted by atomic mass is 16.5. The highest BCUT2D eigenvalue weighted by Gasteiger charge is 2.14. The Morgan fingerprint density at radius 3 is 2.41 bits per heavy atom. The van der Waals surface area contributed by atoms with Crippen molar-refractivity contribution in [1.82, 2.24) is 15.1 Å². The number of rotatable bonds is 7. The summed E-state index contributed by atoms with van der Waals surface area (Å²) in [6, 6.07) is 17.8. The van der Waals surface area contributed by atoms with Crippen LogP contribution in [0.4, 0.5) is 0 Å². The van der Waals surface area contributed by atoms with E-state index in [2.05, 4.69) is 10.4 Å². The average Bonchev–Trinajstić information content (AvgIpc) is 3.30. The smallest absolute Gasteiger partial charge is 0.224 e. The second-order valence-corrected chi connectivity index (χ2v) is 7.59. The van der Waals surface area contributed by atoms with E-state index >= 15 is 0 Å². The molecule has 2 aromatic carbocycles. The van der Waals surface area contributed by atoms with E-state index in [1.54, 1.807) is 10.9 Å². The van der Waals surface area contributed by atoms with Crippen LogP contribution in [-0.2, 0) is 17.8 Å². The van der Waals surface area contributed by atoms with Gasteiger partial charge in [0, 0.05) is 18.9 Å². The van der Waals surface area contributed by atoms with Crippen molar-refractivity contribution in [2.45, 2.75) is 51.2 Å². The van der Waals surface area contributed by atoms with E-state index in [0.717, 1.165) is 35.4 Å². The molecule has 1 saturated carbocycles. The first-order chi connectivity index (χ1) is 14.3. The second kappa shape index (κ2) is 9.41. The number of carbonyl (C=O) groups is 1. The quantitative estimate of drug-likeness (QED) is 0.650. The van der Waals surface area contributed by atoms with Crippen LogP contribution in [0, 0.1) is 0 Å². The molecule has 1 aliphatic carbocycles. The van der Waals surface area contributed by atoms with Gasteiger partial charge in [-0.1, -0.05) is 30.7 Å². The van der Waals surface area contributed by atoms with Crippen molar-refractivity contribution in [3.63, 3.8) is 0 Å². The largest absolute Gasteiger partial charge is 0.490 e.